The first-order valence-corrected chi connectivity index (χ1v) is 5.53. The molecule has 84 valence electrons. The molecule has 0 aliphatic heterocycles. The lowest BCUT2D eigenvalue weighted by Gasteiger charge is -1.98. The summed E-state index contributed by atoms with van der Waals surface area (Å²) in [6, 6.07) is 8.40. The maximum atomic E-state index is 5.46. The van der Waals surface area contributed by atoms with Crippen molar-refractivity contribution in [3.05, 3.63) is 36.0 Å². The largest absolute Gasteiger partial charge is 0.329 e. The van der Waals surface area contributed by atoms with E-state index >= 15 is 0 Å². The molecule has 0 saturated heterocycles. The maximum Gasteiger partial charge on any atom is 0.113 e. The molecule has 0 fully saturated rings. The van der Waals surface area contributed by atoms with E-state index in [-0.39, 0.29) is 0 Å². The second-order valence-electron chi connectivity index (χ2n) is 3.71. The average Bonchev–Trinajstić information content (AvgIpc) is 2.78. The van der Waals surface area contributed by atoms with E-state index < -0.39 is 0 Å². The SMILES string of the molecule is CCc1ccc(-c2cn(CCN)nn2)cc1. The van der Waals surface area contributed by atoms with Gasteiger partial charge in [-0.1, -0.05) is 36.4 Å². The Labute approximate surface area is 95.1 Å². The van der Waals surface area contributed by atoms with Gasteiger partial charge in [0, 0.05) is 12.1 Å². The molecule has 2 aromatic rings. The number of aromatic nitrogens is 3. The highest BCUT2D eigenvalue weighted by Gasteiger charge is 2.02. The van der Waals surface area contributed by atoms with Crippen LogP contribution in [0.3, 0.4) is 0 Å². The van der Waals surface area contributed by atoms with Crippen LogP contribution in [0, 0.1) is 0 Å². The van der Waals surface area contributed by atoms with Gasteiger partial charge in [0.25, 0.3) is 0 Å². The zero-order valence-electron chi connectivity index (χ0n) is 9.43. The standard InChI is InChI=1S/C12H16N4/c1-2-10-3-5-11(6-4-10)12-9-16(8-7-13)15-14-12/h3-6,9H,2,7-8,13H2,1H3. The zero-order valence-corrected chi connectivity index (χ0v) is 9.43. The Hall–Kier alpha value is -1.68. The number of nitrogens with two attached hydrogens (primary N) is 1. The molecule has 4 nitrogen and oxygen atoms in total. The first kappa shape index (κ1) is 10.8. The molecule has 2 rings (SSSR count). The zero-order chi connectivity index (χ0) is 11.4. The van der Waals surface area contributed by atoms with Crippen molar-refractivity contribution in [2.24, 2.45) is 5.73 Å². The third kappa shape index (κ3) is 2.28. The molecular weight excluding hydrogens is 200 g/mol. The van der Waals surface area contributed by atoms with Crippen LogP contribution in [0.5, 0.6) is 0 Å². The molecule has 0 radical (unpaired) electrons. The normalized spacial score (nSPS) is 10.6. The van der Waals surface area contributed by atoms with Gasteiger partial charge in [-0.3, -0.25) is 4.68 Å². The van der Waals surface area contributed by atoms with Crippen LogP contribution in [0.1, 0.15) is 12.5 Å². The second-order valence-corrected chi connectivity index (χ2v) is 3.71. The summed E-state index contributed by atoms with van der Waals surface area (Å²) >= 11 is 0. The number of benzene rings is 1. The van der Waals surface area contributed by atoms with Crippen LogP contribution < -0.4 is 5.73 Å². The smallest absolute Gasteiger partial charge is 0.113 e. The lowest BCUT2D eigenvalue weighted by molar-refractivity contribution is 0.598. The van der Waals surface area contributed by atoms with E-state index in [1.165, 1.54) is 5.56 Å². The molecular formula is C12H16N4. The van der Waals surface area contributed by atoms with Gasteiger partial charge in [0.05, 0.1) is 12.7 Å². The molecule has 0 aliphatic rings. The Bertz CT molecular complexity index is 444. The highest BCUT2D eigenvalue weighted by atomic mass is 15.4. The average molecular weight is 216 g/mol. The van der Waals surface area contributed by atoms with E-state index in [9.17, 15) is 0 Å². The first-order valence-electron chi connectivity index (χ1n) is 5.53. The predicted octanol–water partition coefficient (Wildman–Crippen LogP) is 1.47. The van der Waals surface area contributed by atoms with Crippen molar-refractivity contribution < 1.29 is 0 Å². The van der Waals surface area contributed by atoms with Gasteiger partial charge in [-0.2, -0.15) is 0 Å². The maximum absolute atomic E-state index is 5.46. The third-order valence-corrected chi connectivity index (χ3v) is 2.55. The van der Waals surface area contributed by atoms with Crippen LogP contribution in [-0.4, -0.2) is 21.5 Å². The van der Waals surface area contributed by atoms with Crippen molar-refractivity contribution in [2.75, 3.05) is 6.54 Å². The van der Waals surface area contributed by atoms with Gasteiger partial charge in [0.1, 0.15) is 5.69 Å². The summed E-state index contributed by atoms with van der Waals surface area (Å²) in [5.74, 6) is 0. The number of aryl methyl sites for hydroxylation is 1. The molecule has 0 bridgehead atoms. The van der Waals surface area contributed by atoms with Gasteiger partial charge in [0.15, 0.2) is 0 Å². The lowest BCUT2D eigenvalue weighted by atomic mass is 10.1. The molecule has 1 heterocycles. The summed E-state index contributed by atoms with van der Waals surface area (Å²) < 4.78 is 1.77. The van der Waals surface area contributed by atoms with E-state index in [0.717, 1.165) is 17.7 Å². The minimum Gasteiger partial charge on any atom is -0.329 e. The summed E-state index contributed by atoms with van der Waals surface area (Å²) in [6.45, 7) is 3.43. The van der Waals surface area contributed by atoms with Gasteiger partial charge in [-0.15, -0.1) is 5.10 Å². The summed E-state index contributed by atoms with van der Waals surface area (Å²) in [7, 11) is 0. The van der Waals surface area contributed by atoms with Crippen LogP contribution in [0.15, 0.2) is 30.5 Å². The molecule has 0 unspecified atom stereocenters. The third-order valence-electron chi connectivity index (χ3n) is 2.55. The molecule has 2 N–H and O–H groups in total. The lowest BCUT2D eigenvalue weighted by Crippen LogP contribution is -2.10. The fourth-order valence-corrected chi connectivity index (χ4v) is 1.58. The first-order chi connectivity index (χ1) is 7.83. The number of hydrogen-bond donors (Lipinski definition) is 1. The van der Waals surface area contributed by atoms with E-state index in [1.807, 2.05) is 6.20 Å². The highest BCUT2D eigenvalue weighted by molar-refractivity contribution is 5.57. The monoisotopic (exact) mass is 216 g/mol. The molecule has 0 aliphatic carbocycles. The van der Waals surface area contributed by atoms with Gasteiger partial charge >= 0.3 is 0 Å². The van der Waals surface area contributed by atoms with Crippen LogP contribution in [0.25, 0.3) is 11.3 Å². The number of rotatable bonds is 4. The van der Waals surface area contributed by atoms with Gasteiger partial charge in [-0.25, -0.2) is 0 Å². The Morgan fingerprint density at radius 1 is 1.25 bits per heavy atom. The molecule has 0 spiro atoms. The Morgan fingerprint density at radius 3 is 2.62 bits per heavy atom. The number of nitrogens with zero attached hydrogens (tertiary/aromatic N) is 3. The molecule has 0 amide bonds. The summed E-state index contributed by atoms with van der Waals surface area (Å²) in [5.41, 5.74) is 8.79. The van der Waals surface area contributed by atoms with E-state index in [4.69, 9.17) is 5.73 Å². The fourth-order valence-electron chi connectivity index (χ4n) is 1.58. The van der Waals surface area contributed by atoms with Crippen molar-refractivity contribution in [3.8, 4) is 11.3 Å². The Balaban J connectivity index is 2.21. The Kier molecular flexibility index (Phi) is 3.31. The minimum absolute atomic E-state index is 0.581. The summed E-state index contributed by atoms with van der Waals surface area (Å²) in [4.78, 5) is 0. The van der Waals surface area contributed by atoms with Gasteiger partial charge in [0.2, 0.25) is 0 Å². The van der Waals surface area contributed by atoms with Crippen molar-refractivity contribution >= 4 is 0 Å². The van der Waals surface area contributed by atoms with Crippen LogP contribution in [-0.2, 0) is 13.0 Å². The molecule has 0 saturated carbocycles. The number of hydrogen-bond acceptors (Lipinski definition) is 3. The van der Waals surface area contributed by atoms with Crippen LogP contribution in [0.4, 0.5) is 0 Å². The highest BCUT2D eigenvalue weighted by Crippen LogP contribution is 2.16. The van der Waals surface area contributed by atoms with Gasteiger partial charge < -0.3 is 5.73 Å². The van der Waals surface area contributed by atoms with Crippen LogP contribution in [0.2, 0.25) is 0 Å². The van der Waals surface area contributed by atoms with Crippen molar-refractivity contribution in [3.63, 3.8) is 0 Å². The quantitative estimate of drug-likeness (QED) is 0.842. The molecule has 1 aromatic heterocycles. The summed E-state index contributed by atoms with van der Waals surface area (Å²) in [5, 5.41) is 8.13. The minimum atomic E-state index is 0.581. The van der Waals surface area contributed by atoms with Crippen molar-refractivity contribution in [1.29, 1.82) is 0 Å². The van der Waals surface area contributed by atoms with Crippen molar-refractivity contribution in [1.82, 2.24) is 15.0 Å². The topological polar surface area (TPSA) is 56.7 Å². The van der Waals surface area contributed by atoms with Gasteiger partial charge in [-0.05, 0) is 12.0 Å². The predicted molar refractivity (Wildman–Crippen MR) is 63.9 cm³/mol. The summed E-state index contributed by atoms with van der Waals surface area (Å²) in [6.07, 6.45) is 2.98. The fraction of sp³-hybridized carbons (Fsp3) is 0.333. The second kappa shape index (κ2) is 4.90. The van der Waals surface area contributed by atoms with Crippen LogP contribution >= 0.6 is 0 Å². The molecule has 0 atom stereocenters. The molecule has 16 heavy (non-hydrogen) atoms. The molecule has 1 aromatic carbocycles. The van der Waals surface area contributed by atoms with Crippen molar-refractivity contribution in [2.45, 2.75) is 19.9 Å². The van der Waals surface area contributed by atoms with E-state index in [1.54, 1.807) is 4.68 Å². The van der Waals surface area contributed by atoms with E-state index in [2.05, 4.69) is 41.5 Å². The Morgan fingerprint density at radius 2 is 2.00 bits per heavy atom. The molecule has 4 heteroatoms. The van der Waals surface area contributed by atoms with E-state index in [0.29, 0.717) is 13.1 Å².